The number of aryl methyl sites for hydroxylation is 2. The third-order valence-electron chi connectivity index (χ3n) is 4.34. The van der Waals surface area contributed by atoms with E-state index in [1.54, 1.807) is 13.0 Å². The number of benzene rings is 2. The Kier molecular flexibility index (Phi) is 5.81. The minimum absolute atomic E-state index is 0.0981. The molecule has 0 aromatic heterocycles. The van der Waals surface area contributed by atoms with E-state index in [4.69, 9.17) is 0 Å². The van der Waals surface area contributed by atoms with Crippen LogP contribution in [0.15, 0.2) is 46.2 Å². The molecule has 148 valence electrons. The smallest absolute Gasteiger partial charge is 0.237 e. The van der Waals surface area contributed by atoms with E-state index in [-0.39, 0.29) is 34.1 Å². The molecule has 1 unspecified atom stereocenters. The van der Waals surface area contributed by atoms with Gasteiger partial charge >= 0.3 is 0 Å². The topological polar surface area (TPSA) is 92.3 Å². The normalized spacial score (nSPS) is 16.2. The van der Waals surface area contributed by atoms with Gasteiger partial charge in [0.15, 0.2) is 9.84 Å². The summed E-state index contributed by atoms with van der Waals surface area (Å²) in [7, 11) is -3.65. The van der Waals surface area contributed by atoms with Crippen molar-refractivity contribution in [2.45, 2.75) is 42.2 Å². The highest BCUT2D eigenvalue weighted by molar-refractivity contribution is 8.01. The molecule has 1 heterocycles. The Hall–Kier alpha value is -2.32. The number of hydrogen-bond acceptors (Lipinski definition) is 5. The summed E-state index contributed by atoms with van der Waals surface area (Å²) in [6.07, 6.45) is -0.148. The van der Waals surface area contributed by atoms with Crippen LogP contribution in [0.2, 0.25) is 0 Å². The summed E-state index contributed by atoms with van der Waals surface area (Å²) < 4.78 is 25.3. The van der Waals surface area contributed by atoms with Crippen molar-refractivity contribution in [3.8, 4) is 0 Å². The fraction of sp³-hybridized carbons (Fsp3) is 0.300. The van der Waals surface area contributed by atoms with Crippen LogP contribution in [0, 0.1) is 13.8 Å². The van der Waals surface area contributed by atoms with Gasteiger partial charge < -0.3 is 10.6 Å². The second-order valence-electron chi connectivity index (χ2n) is 6.90. The van der Waals surface area contributed by atoms with Gasteiger partial charge in [-0.3, -0.25) is 9.59 Å². The van der Waals surface area contributed by atoms with Crippen LogP contribution in [0.5, 0.6) is 0 Å². The summed E-state index contributed by atoms with van der Waals surface area (Å²) in [5, 5.41) is 5.25. The van der Waals surface area contributed by atoms with E-state index < -0.39 is 9.84 Å². The maximum absolute atomic E-state index is 12.6. The molecule has 0 saturated carbocycles. The van der Waals surface area contributed by atoms with Crippen molar-refractivity contribution in [3.05, 3.63) is 47.5 Å². The number of hydrogen-bond donors (Lipinski definition) is 2. The SMILES string of the molecule is Cc1cc(C)cc(NC(=O)CCS(=O)(=O)c2ccc3c(c2)NC(=O)C(C)S3)c1. The maximum atomic E-state index is 12.6. The Labute approximate surface area is 169 Å². The molecular weight excluding hydrogens is 396 g/mol. The molecule has 6 nitrogen and oxygen atoms in total. The first-order valence-corrected chi connectivity index (χ1v) is 11.4. The second-order valence-corrected chi connectivity index (χ2v) is 10.4. The molecule has 28 heavy (non-hydrogen) atoms. The van der Waals surface area contributed by atoms with Crippen molar-refractivity contribution in [1.29, 1.82) is 0 Å². The van der Waals surface area contributed by atoms with Crippen molar-refractivity contribution < 1.29 is 18.0 Å². The zero-order valence-corrected chi connectivity index (χ0v) is 17.5. The first kappa shape index (κ1) is 20.4. The Balaban J connectivity index is 1.68. The summed E-state index contributed by atoms with van der Waals surface area (Å²) in [5.74, 6) is -0.816. The maximum Gasteiger partial charge on any atom is 0.237 e. The van der Waals surface area contributed by atoms with Crippen LogP contribution < -0.4 is 10.6 Å². The fourth-order valence-corrected chi connectivity index (χ4v) is 5.19. The number of fused-ring (bicyclic) bond motifs is 1. The minimum Gasteiger partial charge on any atom is -0.326 e. The van der Waals surface area contributed by atoms with E-state index in [1.165, 1.54) is 23.9 Å². The summed E-state index contributed by atoms with van der Waals surface area (Å²) in [5.41, 5.74) is 3.19. The second kappa shape index (κ2) is 7.97. The molecule has 8 heteroatoms. The monoisotopic (exact) mass is 418 g/mol. The van der Waals surface area contributed by atoms with E-state index in [0.29, 0.717) is 11.4 Å². The average Bonchev–Trinajstić information content (AvgIpc) is 2.60. The number of rotatable bonds is 5. The third kappa shape index (κ3) is 4.74. The molecular formula is C20H22N2O4S2. The summed E-state index contributed by atoms with van der Waals surface area (Å²) in [4.78, 5) is 24.9. The van der Waals surface area contributed by atoms with Gasteiger partial charge in [-0.2, -0.15) is 0 Å². The van der Waals surface area contributed by atoms with Gasteiger partial charge in [0.2, 0.25) is 11.8 Å². The predicted molar refractivity (Wildman–Crippen MR) is 112 cm³/mol. The van der Waals surface area contributed by atoms with Crippen LogP contribution in [0.1, 0.15) is 24.5 Å². The number of amides is 2. The molecule has 1 aliphatic rings. The van der Waals surface area contributed by atoms with Gasteiger partial charge in [0.25, 0.3) is 0 Å². The summed E-state index contributed by atoms with van der Waals surface area (Å²) >= 11 is 1.39. The quantitative estimate of drug-likeness (QED) is 0.775. The Bertz CT molecular complexity index is 1030. The Morgan fingerprint density at radius 2 is 1.82 bits per heavy atom. The standard InChI is InChI=1S/C20H22N2O4S2/c1-12-8-13(2)10-15(9-12)21-19(23)6-7-28(25,26)16-4-5-18-17(11-16)22-20(24)14(3)27-18/h4-5,8-11,14H,6-7H2,1-3H3,(H,21,23)(H,22,24). The van der Waals surface area contributed by atoms with Crippen molar-refractivity contribution in [1.82, 2.24) is 0 Å². The number of anilines is 2. The lowest BCUT2D eigenvalue weighted by Crippen LogP contribution is -2.26. The van der Waals surface area contributed by atoms with Gasteiger partial charge in [-0.05, 0) is 62.2 Å². The highest BCUT2D eigenvalue weighted by atomic mass is 32.2. The van der Waals surface area contributed by atoms with Gasteiger partial charge in [-0.25, -0.2) is 8.42 Å². The highest BCUT2D eigenvalue weighted by Crippen LogP contribution is 2.36. The van der Waals surface area contributed by atoms with E-state index in [0.717, 1.165) is 16.0 Å². The van der Waals surface area contributed by atoms with Gasteiger partial charge in [-0.15, -0.1) is 11.8 Å². The van der Waals surface area contributed by atoms with Crippen molar-refractivity contribution in [3.63, 3.8) is 0 Å². The first-order chi connectivity index (χ1) is 13.1. The molecule has 1 aliphatic heterocycles. The average molecular weight is 419 g/mol. The number of carbonyl (C=O) groups excluding carboxylic acids is 2. The molecule has 1 atom stereocenters. The third-order valence-corrected chi connectivity index (χ3v) is 7.24. The van der Waals surface area contributed by atoms with Crippen molar-refractivity contribution in [2.24, 2.45) is 0 Å². The van der Waals surface area contributed by atoms with E-state index in [1.807, 2.05) is 32.0 Å². The van der Waals surface area contributed by atoms with Gasteiger partial charge in [0.05, 0.1) is 21.6 Å². The molecule has 2 amide bonds. The zero-order valence-electron chi connectivity index (χ0n) is 15.9. The van der Waals surface area contributed by atoms with Gasteiger partial charge in [0, 0.05) is 17.0 Å². The van der Waals surface area contributed by atoms with Crippen LogP contribution in [-0.4, -0.2) is 31.2 Å². The number of nitrogens with one attached hydrogen (secondary N) is 2. The molecule has 0 saturated heterocycles. The molecule has 2 N–H and O–H groups in total. The Morgan fingerprint density at radius 1 is 1.14 bits per heavy atom. The van der Waals surface area contributed by atoms with Crippen molar-refractivity contribution >= 4 is 44.8 Å². The highest BCUT2D eigenvalue weighted by Gasteiger charge is 2.25. The fourth-order valence-electron chi connectivity index (χ4n) is 3.00. The molecule has 0 fully saturated rings. The molecule has 2 aromatic rings. The number of sulfone groups is 1. The summed E-state index contributed by atoms with van der Waals surface area (Å²) in [6, 6.07) is 10.3. The Morgan fingerprint density at radius 3 is 2.50 bits per heavy atom. The van der Waals surface area contributed by atoms with Crippen LogP contribution in [0.4, 0.5) is 11.4 Å². The van der Waals surface area contributed by atoms with E-state index >= 15 is 0 Å². The molecule has 3 rings (SSSR count). The molecule has 0 aliphatic carbocycles. The predicted octanol–water partition coefficient (Wildman–Crippen LogP) is 3.54. The van der Waals surface area contributed by atoms with Crippen LogP contribution in [0.25, 0.3) is 0 Å². The first-order valence-electron chi connectivity index (χ1n) is 8.86. The van der Waals surface area contributed by atoms with Crippen LogP contribution in [0.3, 0.4) is 0 Å². The lowest BCUT2D eigenvalue weighted by molar-refractivity contribution is -0.116. The number of carbonyl (C=O) groups is 2. The van der Waals surface area contributed by atoms with Crippen molar-refractivity contribution in [2.75, 3.05) is 16.4 Å². The zero-order chi connectivity index (χ0) is 20.5. The minimum atomic E-state index is -3.65. The van der Waals surface area contributed by atoms with Gasteiger partial charge in [0.1, 0.15) is 0 Å². The lowest BCUT2D eigenvalue weighted by atomic mass is 10.1. The lowest BCUT2D eigenvalue weighted by Gasteiger charge is -2.21. The molecule has 0 bridgehead atoms. The molecule has 0 radical (unpaired) electrons. The van der Waals surface area contributed by atoms with E-state index in [9.17, 15) is 18.0 Å². The largest absolute Gasteiger partial charge is 0.326 e. The van der Waals surface area contributed by atoms with Crippen LogP contribution in [-0.2, 0) is 19.4 Å². The summed E-state index contributed by atoms with van der Waals surface area (Å²) in [6.45, 7) is 5.66. The van der Waals surface area contributed by atoms with Gasteiger partial charge in [-0.1, -0.05) is 6.07 Å². The molecule has 0 spiro atoms. The van der Waals surface area contributed by atoms with E-state index in [2.05, 4.69) is 10.6 Å². The van der Waals surface area contributed by atoms with Crippen LogP contribution >= 0.6 is 11.8 Å². The number of thioether (sulfide) groups is 1. The molecule has 2 aromatic carbocycles.